The molecule has 2 rings (SSSR count). The maximum atomic E-state index is 8.72. The summed E-state index contributed by atoms with van der Waals surface area (Å²) in [5.74, 6) is 0.374. The molecule has 1 fully saturated rings. The summed E-state index contributed by atoms with van der Waals surface area (Å²) in [5.41, 5.74) is 2.24. The van der Waals surface area contributed by atoms with Gasteiger partial charge in [0.1, 0.15) is 6.10 Å². The smallest absolute Gasteiger partial charge is 0.102 e. The van der Waals surface area contributed by atoms with Crippen LogP contribution in [0.25, 0.3) is 0 Å². The van der Waals surface area contributed by atoms with Crippen LogP contribution in [0.2, 0.25) is 0 Å². The number of rotatable bonds is 1. The van der Waals surface area contributed by atoms with Gasteiger partial charge in [-0.2, -0.15) is 5.26 Å². The second-order valence-electron chi connectivity index (χ2n) is 3.40. The van der Waals surface area contributed by atoms with Gasteiger partial charge >= 0.3 is 0 Å². The average Bonchev–Trinajstić information content (AvgIpc) is 2.86. The summed E-state index contributed by atoms with van der Waals surface area (Å²) in [5, 5.41) is 8.72. The van der Waals surface area contributed by atoms with Crippen molar-refractivity contribution in [3.05, 3.63) is 23.3 Å². The van der Waals surface area contributed by atoms with Crippen molar-refractivity contribution >= 4 is 0 Å². The fraction of sp³-hybridized carbons (Fsp3) is 0.500. The zero-order chi connectivity index (χ0) is 8.55. The van der Waals surface area contributed by atoms with E-state index in [1.807, 2.05) is 12.2 Å². The summed E-state index contributed by atoms with van der Waals surface area (Å²) in [7, 11) is 0. The average molecular weight is 161 g/mol. The van der Waals surface area contributed by atoms with Crippen molar-refractivity contribution in [2.24, 2.45) is 5.92 Å². The lowest BCUT2D eigenvalue weighted by atomic mass is 9.88. The molecule has 0 amide bonds. The van der Waals surface area contributed by atoms with Gasteiger partial charge in [0.25, 0.3) is 0 Å². The van der Waals surface area contributed by atoms with Crippen molar-refractivity contribution in [2.75, 3.05) is 6.61 Å². The Morgan fingerprint density at radius 2 is 2.33 bits per heavy atom. The van der Waals surface area contributed by atoms with Gasteiger partial charge in [0.05, 0.1) is 12.7 Å². The Hall–Kier alpha value is -1.07. The topological polar surface area (TPSA) is 36.3 Å². The highest BCUT2D eigenvalue weighted by Crippen LogP contribution is 2.31. The number of hydrogen-bond acceptors (Lipinski definition) is 2. The number of nitriles is 1. The van der Waals surface area contributed by atoms with Crippen molar-refractivity contribution in [3.8, 4) is 6.07 Å². The van der Waals surface area contributed by atoms with Crippen molar-refractivity contribution in [3.63, 3.8) is 0 Å². The summed E-state index contributed by atoms with van der Waals surface area (Å²) in [4.78, 5) is 0. The van der Waals surface area contributed by atoms with Crippen LogP contribution in [0.3, 0.4) is 0 Å². The molecule has 0 N–H and O–H groups in total. The highest BCUT2D eigenvalue weighted by molar-refractivity contribution is 5.36. The maximum Gasteiger partial charge on any atom is 0.102 e. The molecule has 12 heavy (non-hydrogen) atoms. The summed E-state index contributed by atoms with van der Waals surface area (Å²) < 4.78 is 5.18. The van der Waals surface area contributed by atoms with Crippen molar-refractivity contribution in [1.29, 1.82) is 5.26 Å². The van der Waals surface area contributed by atoms with Gasteiger partial charge in [-0.05, 0) is 24.0 Å². The highest BCUT2D eigenvalue weighted by atomic mass is 16.6. The minimum atomic E-state index is 0.365. The fourth-order valence-corrected chi connectivity index (χ4v) is 1.54. The Balaban J connectivity index is 2.17. The molecule has 0 bridgehead atoms. The molecule has 2 aliphatic rings. The second kappa shape index (κ2) is 2.76. The van der Waals surface area contributed by atoms with Crippen LogP contribution >= 0.6 is 0 Å². The zero-order valence-corrected chi connectivity index (χ0v) is 7.08. The third kappa shape index (κ3) is 1.28. The number of epoxide rings is 1. The van der Waals surface area contributed by atoms with E-state index in [1.54, 1.807) is 0 Å². The fourth-order valence-electron chi connectivity index (χ4n) is 1.54. The lowest BCUT2D eigenvalue weighted by Crippen LogP contribution is -2.07. The van der Waals surface area contributed by atoms with E-state index < -0.39 is 0 Å². The van der Waals surface area contributed by atoms with Crippen LogP contribution in [-0.2, 0) is 4.74 Å². The molecular weight excluding hydrogens is 150 g/mol. The number of ether oxygens (including phenoxy) is 1. The first-order valence-electron chi connectivity index (χ1n) is 4.23. The third-order valence-corrected chi connectivity index (χ3v) is 2.43. The third-order valence-electron chi connectivity index (χ3n) is 2.43. The van der Waals surface area contributed by atoms with E-state index in [0.717, 1.165) is 18.6 Å². The van der Waals surface area contributed by atoms with Gasteiger partial charge in [-0.25, -0.2) is 0 Å². The zero-order valence-electron chi connectivity index (χ0n) is 7.08. The monoisotopic (exact) mass is 161 g/mol. The minimum absolute atomic E-state index is 0.365. The molecule has 2 atom stereocenters. The van der Waals surface area contributed by atoms with Gasteiger partial charge in [-0.1, -0.05) is 13.0 Å². The summed E-state index contributed by atoms with van der Waals surface area (Å²) in [6, 6.07) is 2.21. The number of nitrogens with zero attached hydrogens (tertiary/aromatic N) is 1. The molecule has 1 aliphatic heterocycles. The predicted octanol–water partition coefficient (Wildman–Crippen LogP) is 1.80. The highest BCUT2D eigenvalue weighted by Gasteiger charge is 2.29. The van der Waals surface area contributed by atoms with E-state index in [-0.39, 0.29) is 0 Å². The van der Waals surface area contributed by atoms with Gasteiger partial charge in [0.15, 0.2) is 0 Å². The van der Waals surface area contributed by atoms with Crippen molar-refractivity contribution in [1.82, 2.24) is 0 Å². The van der Waals surface area contributed by atoms with E-state index in [9.17, 15) is 0 Å². The van der Waals surface area contributed by atoms with Crippen molar-refractivity contribution in [2.45, 2.75) is 19.4 Å². The molecule has 1 aliphatic carbocycles. The van der Waals surface area contributed by atoms with Gasteiger partial charge in [-0.15, -0.1) is 0 Å². The van der Waals surface area contributed by atoms with Crippen molar-refractivity contribution < 1.29 is 4.74 Å². The summed E-state index contributed by atoms with van der Waals surface area (Å²) in [6.45, 7) is 2.96. The Morgan fingerprint density at radius 3 is 2.83 bits per heavy atom. The number of hydrogen-bond donors (Lipinski definition) is 0. The quantitative estimate of drug-likeness (QED) is 0.550. The molecule has 62 valence electrons. The molecule has 0 saturated carbocycles. The molecule has 2 heteroatoms. The van der Waals surface area contributed by atoms with Crippen LogP contribution in [0.1, 0.15) is 13.3 Å². The van der Waals surface area contributed by atoms with E-state index in [0.29, 0.717) is 12.0 Å². The molecule has 0 aromatic heterocycles. The predicted molar refractivity (Wildman–Crippen MR) is 45.3 cm³/mol. The molecule has 0 radical (unpaired) electrons. The van der Waals surface area contributed by atoms with E-state index in [4.69, 9.17) is 10.00 Å². The Kier molecular flexibility index (Phi) is 1.74. The molecule has 1 saturated heterocycles. The molecule has 0 aromatic carbocycles. The van der Waals surface area contributed by atoms with Gasteiger partial charge in [0, 0.05) is 5.57 Å². The van der Waals surface area contributed by atoms with Crippen LogP contribution in [0.4, 0.5) is 0 Å². The molecule has 0 spiro atoms. The lowest BCUT2D eigenvalue weighted by Gasteiger charge is -2.15. The van der Waals surface area contributed by atoms with Crippen LogP contribution in [0.5, 0.6) is 0 Å². The van der Waals surface area contributed by atoms with E-state index in [1.165, 1.54) is 5.57 Å². The largest absolute Gasteiger partial charge is 0.368 e. The van der Waals surface area contributed by atoms with Gasteiger partial charge in [0.2, 0.25) is 0 Å². The minimum Gasteiger partial charge on any atom is -0.368 e. The summed E-state index contributed by atoms with van der Waals surface area (Å²) >= 11 is 0. The van der Waals surface area contributed by atoms with Gasteiger partial charge in [-0.3, -0.25) is 0 Å². The maximum absolute atomic E-state index is 8.72. The van der Waals surface area contributed by atoms with Crippen LogP contribution in [0.15, 0.2) is 23.3 Å². The van der Waals surface area contributed by atoms with Crippen LogP contribution in [-0.4, -0.2) is 12.7 Å². The number of allylic oxidation sites excluding steroid dienone is 3. The van der Waals surface area contributed by atoms with E-state index in [2.05, 4.69) is 13.0 Å². The van der Waals surface area contributed by atoms with Crippen LogP contribution < -0.4 is 0 Å². The van der Waals surface area contributed by atoms with Gasteiger partial charge < -0.3 is 4.74 Å². The Bertz CT molecular complexity index is 291. The Morgan fingerprint density at radius 1 is 1.58 bits per heavy atom. The first-order valence-corrected chi connectivity index (χ1v) is 4.23. The molecule has 2 nitrogen and oxygen atoms in total. The normalized spacial score (nSPS) is 33.3. The lowest BCUT2D eigenvalue weighted by molar-refractivity contribution is 0.422. The first-order chi connectivity index (χ1) is 5.81. The second-order valence-corrected chi connectivity index (χ2v) is 3.40. The molecule has 1 heterocycles. The molecule has 0 aromatic rings. The first kappa shape index (κ1) is 7.57. The van der Waals surface area contributed by atoms with E-state index >= 15 is 0 Å². The standard InChI is InChI=1S/C10H11NO/c1-7-4-8(10-6-12-10)2-3-9(7)5-11/h2-3,7,10H,4,6H2,1H3. The SMILES string of the molecule is CC1CC(C2CO2)=CC=C1C#N. The van der Waals surface area contributed by atoms with Crippen LogP contribution in [0, 0.1) is 17.2 Å². The summed E-state index contributed by atoms with van der Waals surface area (Å²) in [6.07, 6.45) is 5.31. The Labute approximate surface area is 72.1 Å². The molecule has 2 unspecified atom stereocenters. The molecular formula is C10H11NO.